The second-order valence-electron chi connectivity index (χ2n) is 12.8. The van der Waals surface area contributed by atoms with Crippen molar-refractivity contribution >= 4 is 38.9 Å². The lowest BCUT2D eigenvalue weighted by Gasteiger charge is -2.27. The maximum absolute atomic E-state index is 6.56. The summed E-state index contributed by atoms with van der Waals surface area (Å²) in [7, 11) is 0. The summed E-state index contributed by atoms with van der Waals surface area (Å²) >= 11 is 0. The van der Waals surface area contributed by atoms with Gasteiger partial charge in [-0.1, -0.05) is 123 Å². The Morgan fingerprint density at radius 2 is 1.19 bits per heavy atom. The molecule has 0 aliphatic heterocycles. The van der Waals surface area contributed by atoms with Crippen molar-refractivity contribution in [3.8, 4) is 33.7 Å². The fraction of sp³-hybridized carbons (Fsp3) is 0.0682. The van der Waals surface area contributed by atoms with Crippen LogP contribution in [0.3, 0.4) is 0 Å². The van der Waals surface area contributed by atoms with Gasteiger partial charge in [0, 0.05) is 22.4 Å². The molecule has 0 atom stereocenters. The predicted octanol–water partition coefficient (Wildman–Crippen LogP) is 12.1. The van der Waals surface area contributed by atoms with E-state index in [1.165, 1.54) is 33.4 Å². The molecule has 1 aromatic heterocycles. The molecule has 1 heterocycles. The third-order valence-electron chi connectivity index (χ3n) is 9.70. The minimum Gasteiger partial charge on any atom is -0.435 e. The number of fused-ring (bicyclic) bond motifs is 6. The number of oxazole rings is 1. The zero-order chi connectivity index (χ0) is 31.5. The van der Waals surface area contributed by atoms with E-state index < -0.39 is 0 Å². The molecule has 8 aromatic rings. The van der Waals surface area contributed by atoms with Crippen molar-refractivity contribution < 1.29 is 4.42 Å². The number of rotatable bonds is 5. The Balaban J connectivity index is 1.21. The highest BCUT2D eigenvalue weighted by Gasteiger charge is 2.36. The zero-order valence-electron chi connectivity index (χ0n) is 26.3. The Bertz CT molecular complexity index is 2420. The van der Waals surface area contributed by atoms with Crippen LogP contribution in [0.4, 0.5) is 17.1 Å². The minimum absolute atomic E-state index is 0.0349. The van der Waals surface area contributed by atoms with Crippen LogP contribution in [0, 0.1) is 0 Å². The van der Waals surface area contributed by atoms with Crippen LogP contribution in [0.15, 0.2) is 162 Å². The fourth-order valence-corrected chi connectivity index (χ4v) is 7.42. The van der Waals surface area contributed by atoms with Crippen LogP contribution in [-0.2, 0) is 5.41 Å². The Labute approximate surface area is 274 Å². The van der Waals surface area contributed by atoms with Gasteiger partial charge in [-0.2, -0.15) is 0 Å². The van der Waals surface area contributed by atoms with E-state index in [2.05, 4.69) is 146 Å². The Hall–Kier alpha value is -5.93. The van der Waals surface area contributed by atoms with Gasteiger partial charge in [0.05, 0.1) is 11.1 Å². The largest absolute Gasteiger partial charge is 0.435 e. The Morgan fingerprint density at radius 1 is 0.532 bits per heavy atom. The summed E-state index contributed by atoms with van der Waals surface area (Å²) in [5, 5.41) is 2.14. The van der Waals surface area contributed by atoms with Gasteiger partial charge in [0.1, 0.15) is 5.52 Å². The number of para-hydroxylation sites is 1. The van der Waals surface area contributed by atoms with Crippen LogP contribution in [0.5, 0.6) is 0 Å². The molecule has 0 radical (unpaired) electrons. The van der Waals surface area contributed by atoms with Gasteiger partial charge < -0.3 is 9.32 Å². The van der Waals surface area contributed by atoms with E-state index in [1.54, 1.807) is 0 Å². The molecule has 0 bridgehead atoms. The van der Waals surface area contributed by atoms with Crippen LogP contribution in [0.2, 0.25) is 0 Å². The molecule has 0 amide bonds. The zero-order valence-corrected chi connectivity index (χ0v) is 26.3. The average molecular weight is 605 g/mol. The van der Waals surface area contributed by atoms with E-state index in [0.717, 1.165) is 44.5 Å². The van der Waals surface area contributed by atoms with Crippen LogP contribution >= 0.6 is 0 Å². The van der Waals surface area contributed by atoms with Gasteiger partial charge in [0.25, 0.3) is 0 Å². The van der Waals surface area contributed by atoms with E-state index in [4.69, 9.17) is 9.40 Å². The number of nitrogens with zero attached hydrogens (tertiary/aromatic N) is 2. The van der Waals surface area contributed by atoms with Gasteiger partial charge in [-0.25, -0.2) is 4.98 Å². The predicted molar refractivity (Wildman–Crippen MR) is 195 cm³/mol. The lowest BCUT2D eigenvalue weighted by Crippen LogP contribution is -2.14. The van der Waals surface area contributed by atoms with E-state index in [-0.39, 0.29) is 5.41 Å². The number of benzene rings is 7. The van der Waals surface area contributed by atoms with Crippen molar-refractivity contribution in [3.63, 3.8) is 0 Å². The summed E-state index contributed by atoms with van der Waals surface area (Å²) in [6, 6.07) is 55.9. The molecule has 0 spiro atoms. The van der Waals surface area contributed by atoms with Crippen molar-refractivity contribution in [2.45, 2.75) is 19.3 Å². The molecule has 9 rings (SSSR count). The molecule has 224 valence electrons. The van der Waals surface area contributed by atoms with Crippen molar-refractivity contribution in [3.05, 3.63) is 169 Å². The molecule has 0 fully saturated rings. The molecule has 1 aliphatic rings. The average Bonchev–Trinajstić information content (AvgIpc) is 3.67. The smallest absolute Gasteiger partial charge is 0.227 e. The summed E-state index contributed by atoms with van der Waals surface area (Å²) in [4.78, 5) is 7.22. The Kier molecular flexibility index (Phi) is 6.16. The van der Waals surface area contributed by atoms with E-state index >= 15 is 0 Å². The molecular weight excluding hydrogens is 572 g/mol. The molecule has 0 unspecified atom stereocenters. The SMILES string of the molecule is CC1(C)c2ccccc2-c2c(-c3ccc(N(c4ccccc4)c4cccc5ccc6nc(-c7ccccc7)oc6c45)cc3)cccc21. The Morgan fingerprint density at radius 3 is 2.00 bits per heavy atom. The first-order valence-electron chi connectivity index (χ1n) is 16.1. The van der Waals surface area contributed by atoms with E-state index in [9.17, 15) is 0 Å². The minimum atomic E-state index is -0.0349. The van der Waals surface area contributed by atoms with Crippen LogP contribution in [0.1, 0.15) is 25.0 Å². The molecule has 3 nitrogen and oxygen atoms in total. The summed E-state index contributed by atoms with van der Waals surface area (Å²) < 4.78 is 6.56. The highest BCUT2D eigenvalue weighted by Crippen LogP contribution is 2.52. The second kappa shape index (κ2) is 10.6. The number of anilines is 3. The first-order chi connectivity index (χ1) is 23.1. The van der Waals surface area contributed by atoms with Gasteiger partial charge in [-0.15, -0.1) is 0 Å². The molecular formula is C44H32N2O. The van der Waals surface area contributed by atoms with Crippen LogP contribution in [0.25, 0.3) is 55.6 Å². The molecule has 0 saturated carbocycles. The number of aromatic nitrogens is 1. The first-order valence-corrected chi connectivity index (χ1v) is 16.1. The third-order valence-corrected chi connectivity index (χ3v) is 9.70. The monoisotopic (exact) mass is 604 g/mol. The van der Waals surface area contributed by atoms with Gasteiger partial charge in [0.2, 0.25) is 5.89 Å². The van der Waals surface area contributed by atoms with E-state index in [1.807, 2.05) is 30.3 Å². The van der Waals surface area contributed by atoms with Crippen molar-refractivity contribution in [2.75, 3.05) is 4.90 Å². The topological polar surface area (TPSA) is 29.3 Å². The highest BCUT2D eigenvalue weighted by molar-refractivity contribution is 6.12. The summed E-state index contributed by atoms with van der Waals surface area (Å²) in [6.45, 7) is 4.67. The van der Waals surface area contributed by atoms with Crippen molar-refractivity contribution in [1.29, 1.82) is 0 Å². The highest BCUT2D eigenvalue weighted by atomic mass is 16.3. The van der Waals surface area contributed by atoms with E-state index in [0.29, 0.717) is 5.89 Å². The van der Waals surface area contributed by atoms with Gasteiger partial charge in [-0.3, -0.25) is 0 Å². The molecule has 3 heteroatoms. The second-order valence-corrected chi connectivity index (χ2v) is 12.8. The number of hydrogen-bond acceptors (Lipinski definition) is 3. The standard InChI is InChI=1S/C44H32N2O/c1-44(2)36-20-10-9-18-35(36)41-34(19-12-21-37(41)44)29-23-26-33(27-24-29)46(32-16-7-4-8-17-32)39-22-11-15-30-25-28-38-42(40(30)39)47-43(45-38)31-13-5-3-6-14-31/h3-28H,1-2H3. The summed E-state index contributed by atoms with van der Waals surface area (Å²) in [6.07, 6.45) is 0. The molecule has 1 aliphatic carbocycles. The van der Waals surface area contributed by atoms with Crippen LogP contribution in [-0.4, -0.2) is 4.98 Å². The summed E-state index contributed by atoms with van der Waals surface area (Å²) in [5.74, 6) is 0.624. The maximum atomic E-state index is 6.56. The lowest BCUT2D eigenvalue weighted by molar-refractivity contribution is 0.623. The number of hydrogen-bond donors (Lipinski definition) is 0. The van der Waals surface area contributed by atoms with Gasteiger partial charge in [0.15, 0.2) is 5.58 Å². The molecule has 47 heavy (non-hydrogen) atoms. The normalized spacial score (nSPS) is 13.1. The third kappa shape index (κ3) is 4.31. The van der Waals surface area contributed by atoms with Gasteiger partial charge >= 0.3 is 0 Å². The maximum Gasteiger partial charge on any atom is 0.227 e. The van der Waals surface area contributed by atoms with Crippen molar-refractivity contribution in [1.82, 2.24) is 4.98 Å². The molecule has 0 saturated heterocycles. The molecule has 7 aromatic carbocycles. The fourth-order valence-electron chi connectivity index (χ4n) is 7.42. The quantitative estimate of drug-likeness (QED) is 0.196. The van der Waals surface area contributed by atoms with Crippen molar-refractivity contribution in [2.24, 2.45) is 0 Å². The lowest BCUT2D eigenvalue weighted by atomic mass is 9.82. The van der Waals surface area contributed by atoms with Gasteiger partial charge in [-0.05, 0) is 87.3 Å². The summed E-state index contributed by atoms with van der Waals surface area (Å²) in [5.41, 5.74) is 13.7. The molecule has 0 N–H and O–H groups in total. The van der Waals surface area contributed by atoms with Crippen LogP contribution < -0.4 is 4.90 Å². The first kappa shape index (κ1) is 27.4.